The Kier molecular flexibility index (Phi) is 6.85. The van der Waals surface area contributed by atoms with Crippen LogP contribution >= 0.6 is 0 Å². The van der Waals surface area contributed by atoms with Gasteiger partial charge in [-0.05, 0) is 31.9 Å². The van der Waals surface area contributed by atoms with Gasteiger partial charge in [0.15, 0.2) is 6.61 Å². The highest BCUT2D eigenvalue weighted by molar-refractivity contribution is 5.82. The number of para-hydroxylation sites is 2. The largest absolute Gasteiger partial charge is 0.466 e. The van der Waals surface area contributed by atoms with Crippen LogP contribution in [-0.4, -0.2) is 58.6 Å². The Balaban J connectivity index is 1.50. The van der Waals surface area contributed by atoms with E-state index < -0.39 is 5.97 Å². The Morgan fingerprint density at radius 3 is 2.52 bits per heavy atom. The van der Waals surface area contributed by atoms with Gasteiger partial charge in [-0.25, -0.2) is 4.98 Å². The molecule has 1 aliphatic rings. The molecule has 1 amide bonds. The van der Waals surface area contributed by atoms with Crippen molar-refractivity contribution in [2.45, 2.75) is 39.7 Å². The topological polar surface area (TPSA) is 90.7 Å². The number of likely N-dealkylation sites (tertiary alicyclic amines) is 1. The van der Waals surface area contributed by atoms with Gasteiger partial charge in [0.05, 0.1) is 23.6 Å². The van der Waals surface area contributed by atoms with Crippen molar-refractivity contribution in [3.05, 3.63) is 30.1 Å². The molecular weight excluding hydrogens is 374 g/mol. The second-order valence-electron chi connectivity index (χ2n) is 7.02. The smallest absolute Gasteiger partial charge is 0.326 e. The molecule has 29 heavy (non-hydrogen) atoms. The highest BCUT2D eigenvalue weighted by Crippen LogP contribution is 2.19. The van der Waals surface area contributed by atoms with Crippen LogP contribution in [0.2, 0.25) is 0 Å². The fourth-order valence-electron chi connectivity index (χ4n) is 3.60. The van der Waals surface area contributed by atoms with E-state index in [0.717, 1.165) is 16.9 Å². The van der Waals surface area contributed by atoms with Gasteiger partial charge in [0.25, 0.3) is 5.91 Å². The number of rotatable bonds is 7. The monoisotopic (exact) mass is 401 g/mol. The lowest BCUT2D eigenvalue weighted by molar-refractivity contribution is -0.155. The number of nitrogens with zero attached hydrogens (tertiary/aromatic N) is 3. The van der Waals surface area contributed by atoms with Gasteiger partial charge in [-0.1, -0.05) is 19.1 Å². The SMILES string of the molecule is CCOC(=O)C1CCN(C(=O)COC(=O)Cn2c(CC)nc3ccccc32)CC1. The molecule has 0 bridgehead atoms. The Labute approximate surface area is 169 Å². The lowest BCUT2D eigenvalue weighted by Gasteiger charge is -2.30. The van der Waals surface area contributed by atoms with E-state index in [1.165, 1.54) is 0 Å². The average molecular weight is 401 g/mol. The molecule has 156 valence electrons. The van der Waals surface area contributed by atoms with E-state index in [2.05, 4.69) is 4.98 Å². The number of imidazole rings is 1. The summed E-state index contributed by atoms with van der Waals surface area (Å²) in [5.74, 6) is -0.283. The minimum absolute atomic E-state index is 0.0158. The van der Waals surface area contributed by atoms with E-state index in [1.807, 2.05) is 35.8 Å². The second kappa shape index (κ2) is 9.54. The maximum Gasteiger partial charge on any atom is 0.326 e. The summed E-state index contributed by atoms with van der Waals surface area (Å²) in [6, 6.07) is 7.61. The molecule has 0 spiro atoms. The first-order chi connectivity index (χ1) is 14.0. The molecule has 1 saturated heterocycles. The molecule has 0 saturated carbocycles. The summed E-state index contributed by atoms with van der Waals surface area (Å²) >= 11 is 0. The zero-order valence-electron chi connectivity index (χ0n) is 16.9. The minimum atomic E-state index is -0.474. The molecule has 0 unspecified atom stereocenters. The van der Waals surface area contributed by atoms with Gasteiger partial charge >= 0.3 is 11.9 Å². The van der Waals surface area contributed by atoms with E-state index >= 15 is 0 Å². The maximum atomic E-state index is 12.4. The second-order valence-corrected chi connectivity index (χ2v) is 7.02. The van der Waals surface area contributed by atoms with Gasteiger partial charge in [-0.3, -0.25) is 14.4 Å². The van der Waals surface area contributed by atoms with Crippen LogP contribution in [0.3, 0.4) is 0 Å². The first-order valence-corrected chi connectivity index (χ1v) is 10.1. The van der Waals surface area contributed by atoms with Gasteiger partial charge in [-0.15, -0.1) is 0 Å². The van der Waals surface area contributed by atoms with E-state index in [9.17, 15) is 14.4 Å². The Morgan fingerprint density at radius 1 is 1.10 bits per heavy atom. The average Bonchev–Trinajstić information content (AvgIpc) is 3.10. The lowest BCUT2D eigenvalue weighted by atomic mass is 9.97. The zero-order valence-corrected chi connectivity index (χ0v) is 16.9. The van der Waals surface area contributed by atoms with E-state index in [1.54, 1.807) is 11.8 Å². The summed E-state index contributed by atoms with van der Waals surface area (Å²) in [4.78, 5) is 42.6. The van der Waals surface area contributed by atoms with E-state index in [4.69, 9.17) is 9.47 Å². The standard InChI is InChI=1S/C21H27N3O5/c1-3-18-22-16-7-5-6-8-17(16)24(18)13-20(26)29-14-19(25)23-11-9-15(10-12-23)21(27)28-4-2/h5-8,15H,3-4,9-14H2,1-2H3. The number of hydrogen-bond acceptors (Lipinski definition) is 6. The summed E-state index contributed by atoms with van der Waals surface area (Å²) < 4.78 is 12.1. The molecule has 3 rings (SSSR count). The zero-order chi connectivity index (χ0) is 20.8. The summed E-state index contributed by atoms with van der Waals surface area (Å²) in [5.41, 5.74) is 1.70. The number of amides is 1. The van der Waals surface area contributed by atoms with Crippen molar-refractivity contribution < 1.29 is 23.9 Å². The van der Waals surface area contributed by atoms with Crippen LogP contribution < -0.4 is 0 Å². The van der Waals surface area contributed by atoms with Crippen molar-refractivity contribution in [3.63, 3.8) is 0 Å². The number of fused-ring (bicyclic) bond motifs is 1. The van der Waals surface area contributed by atoms with E-state index in [-0.39, 0.29) is 30.9 Å². The van der Waals surface area contributed by atoms with Crippen LogP contribution in [0.4, 0.5) is 0 Å². The van der Waals surface area contributed by atoms with Crippen molar-refractivity contribution in [3.8, 4) is 0 Å². The van der Waals surface area contributed by atoms with Gasteiger partial charge in [0, 0.05) is 19.5 Å². The molecule has 1 fully saturated rings. The highest BCUT2D eigenvalue weighted by Gasteiger charge is 2.28. The molecule has 8 heteroatoms. The Morgan fingerprint density at radius 2 is 1.83 bits per heavy atom. The van der Waals surface area contributed by atoms with Gasteiger partial charge in [0.1, 0.15) is 12.4 Å². The van der Waals surface area contributed by atoms with Gasteiger partial charge in [-0.2, -0.15) is 0 Å². The van der Waals surface area contributed by atoms with Gasteiger partial charge in [0.2, 0.25) is 0 Å². The summed E-state index contributed by atoms with van der Waals surface area (Å²) in [6.07, 6.45) is 1.83. The van der Waals surface area contributed by atoms with Crippen molar-refractivity contribution >= 4 is 28.9 Å². The van der Waals surface area contributed by atoms with Crippen LogP contribution in [0, 0.1) is 5.92 Å². The number of aromatic nitrogens is 2. The van der Waals surface area contributed by atoms with Crippen LogP contribution in [-0.2, 0) is 36.8 Å². The van der Waals surface area contributed by atoms with Gasteiger partial charge < -0.3 is 18.9 Å². The van der Waals surface area contributed by atoms with E-state index in [0.29, 0.717) is 39.0 Å². The number of carbonyl (C=O) groups is 3. The number of esters is 2. The van der Waals surface area contributed by atoms with Crippen LogP contribution in [0.1, 0.15) is 32.5 Å². The first kappa shape index (κ1) is 20.8. The van der Waals surface area contributed by atoms with Crippen molar-refractivity contribution in [1.29, 1.82) is 0 Å². The Bertz CT molecular complexity index is 884. The lowest BCUT2D eigenvalue weighted by Crippen LogP contribution is -2.42. The number of benzene rings is 1. The van der Waals surface area contributed by atoms with Crippen LogP contribution in [0.5, 0.6) is 0 Å². The van der Waals surface area contributed by atoms with Crippen LogP contribution in [0.15, 0.2) is 24.3 Å². The molecule has 0 N–H and O–H groups in total. The normalized spacial score (nSPS) is 14.8. The molecule has 0 atom stereocenters. The summed E-state index contributed by atoms with van der Waals surface area (Å²) in [5, 5.41) is 0. The molecule has 2 heterocycles. The number of carbonyl (C=O) groups excluding carboxylic acids is 3. The molecule has 2 aromatic rings. The van der Waals surface area contributed by atoms with Crippen LogP contribution in [0.25, 0.3) is 11.0 Å². The quantitative estimate of drug-likeness (QED) is 0.659. The molecule has 1 aromatic heterocycles. The number of ether oxygens (including phenoxy) is 2. The fraction of sp³-hybridized carbons (Fsp3) is 0.524. The Hall–Kier alpha value is -2.90. The number of piperidine rings is 1. The third-order valence-electron chi connectivity index (χ3n) is 5.16. The predicted molar refractivity (Wildman–Crippen MR) is 106 cm³/mol. The van der Waals surface area contributed by atoms with Crippen molar-refractivity contribution in [1.82, 2.24) is 14.5 Å². The maximum absolute atomic E-state index is 12.4. The highest BCUT2D eigenvalue weighted by atomic mass is 16.5. The van der Waals surface area contributed by atoms with Crippen molar-refractivity contribution in [2.75, 3.05) is 26.3 Å². The third-order valence-corrected chi connectivity index (χ3v) is 5.16. The molecule has 0 aliphatic carbocycles. The molecule has 1 aromatic carbocycles. The number of aryl methyl sites for hydroxylation is 1. The molecular formula is C21H27N3O5. The number of hydrogen-bond donors (Lipinski definition) is 0. The predicted octanol–water partition coefficient (Wildman–Crippen LogP) is 1.94. The summed E-state index contributed by atoms with van der Waals surface area (Å²) in [6.45, 7) is 4.77. The third kappa shape index (κ3) is 4.93. The van der Waals surface area contributed by atoms with Crippen molar-refractivity contribution in [2.24, 2.45) is 5.92 Å². The summed E-state index contributed by atoms with van der Waals surface area (Å²) in [7, 11) is 0. The first-order valence-electron chi connectivity index (χ1n) is 10.1. The fourth-order valence-corrected chi connectivity index (χ4v) is 3.60. The molecule has 0 radical (unpaired) electrons. The minimum Gasteiger partial charge on any atom is -0.466 e. The molecule has 8 nitrogen and oxygen atoms in total. The molecule has 1 aliphatic heterocycles.